The van der Waals surface area contributed by atoms with Gasteiger partial charge in [-0.2, -0.15) is 0 Å². The molecule has 100 valence electrons. The molecule has 2 N–H and O–H groups in total. The summed E-state index contributed by atoms with van der Waals surface area (Å²) < 4.78 is 6.35. The zero-order chi connectivity index (χ0) is 13.1. The molecule has 0 amide bonds. The van der Waals surface area contributed by atoms with Gasteiger partial charge >= 0.3 is 0 Å². The number of nitrogens with two attached hydrogens (primary N) is 1. The van der Waals surface area contributed by atoms with E-state index in [0.717, 1.165) is 29.1 Å². The maximum atomic E-state index is 6.02. The lowest BCUT2D eigenvalue weighted by Crippen LogP contribution is -2.38. The molecular formula is C13H18BrClN2O. The normalized spacial score (nSPS) is 21.5. The van der Waals surface area contributed by atoms with E-state index in [1.807, 2.05) is 18.2 Å². The highest BCUT2D eigenvalue weighted by molar-refractivity contribution is 9.10. The third-order valence-electron chi connectivity index (χ3n) is 3.52. The summed E-state index contributed by atoms with van der Waals surface area (Å²) in [5.41, 5.74) is 7.11. The molecule has 0 radical (unpaired) electrons. The Hall–Kier alpha value is -0.130. The fourth-order valence-corrected chi connectivity index (χ4v) is 2.87. The van der Waals surface area contributed by atoms with Crippen molar-refractivity contribution in [2.24, 2.45) is 5.73 Å². The van der Waals surface area contributed by atoms with Crippen LogP contribution in [0.5, 0.6) is 0 Å². The second-order valence-corrected chi connectivity index (χ2v) is 5.87. The van der Waals surface area contributed by atoms with Crippen LogP contribution in [0.4, 0.5) is 0 Å². The van der Waals surface area contributed by atoms with Gasteiger partial charge in [0.15, 0.2) is 0 Å². The van der Waals surface area contributed by atoms with Crippen LogP contribution >= 0.6 is 27.5 Å². The number of nitrogens with zero attached hydrogens (tertiary/aromatic N) is 1. The van der Waals surface area contributed by atoms with Gasteiger partial charge in [0, 0.05) is 29.7 Å². The Morgan fingerprint density at radius 2 is 2.39 bits per heavy atom. The van der Waals surface area contributed by atoms with E-state index in [1.54, 1.807) is 0 Å². The number of benzene rings is 1. The van der Waals surface area contributed by atoms with Crippen molar-refractivity contribution in [1.82, 2.24) is 4.90 Å². The van der Waals surface area contributed by atoms with E-state index in [2.05, 4.69) is 27.9 Å². The van der Waals surface area contributed by atoms with Gasteiger partial charge < -0.3 is 10.5 Å². The average molecular weight is 334 g/mol. The largest absolute Gasteiger partial charge is 0.380 e. The first-order valence-electron chi connectivity index (χ1n) is 6.08. The van der Waals surface area contributed by atoms with Gasteiger partial charge in [0.05, 0.1) is 11.6 Å². The fraction of sp³-hybridized carbons (Fsp3) is 0.538. The minimum atomic E-state index is 0.199. The predicted octanol–water partition coefficient (Wildman–Crippen LogP) is 2.82. The fourth-order valence-electron chi connectivity index (χ4n) is 2.35. The molecule has 18 heavy (non-hydrogen) atoms. The number of ether oxygens (including phenoxy) is 1. The molecule has 0 bridgehead atoms. The van der Waals surface area contributed by atoms with Crippen LogP contribution in [0.3, 0.4) is 0 Å². The summed E-state index contributed by atoms with van der Waals surface area (Å²) >= 11 is 9.48. The minimum Gasteiger partial charge on any atom is -0.380 e. The summed E-state index contributed by atoms with van der Waals surface area (Å²) in [4.78, 5) is 2.31. The first-order valence-corrected chi connectivity index (χ1v) is 7.25. The lowest BCUT2D eigenvalue weighted by Gasteiger charge is -2.32. The number of hydrogen-bond donors (Lipinski definition) is 1. The summed E-state index contributed by atoms with van der Waals surface area (Å²) in [6.07, 6.45) is 1.07. The summed E-state index contributed by atoms with van der Waals surface area (Å²) in [6.45, 7) is 2.22. The van der Waals surface area contributed by atoms with E-state index >= 15 is 0 Å². The van der Waals surface area contributed by atoms with Crippen molar-refractivity contribution in [3.05, 3.63) is 33.3 Å². The number of rotatable bonds is 4. The van der Waals surface area contributed by atoms with Crippen LogP contribution in [0.15, 0.2) is 22.7 Å². The lowest BCUT2D eigenvalue weighted by atomic mass is 10.0. The SMILES string of the molecule is CN(C1CCOC1)C(CN)c1ccc(Cl)c(Br)c1. The third-order valence-corrected chi connectivity index (χ3v) is 4.74. The maximum absolute atomic E-state index is 6.02. The van der Waals surface area contributed by atoms with Crippen molar-refractivity contribution in [3.63, 3.8) is 0 Å². The van der Waals surface area contributed by atoms with Gasteiger partial charge in [0.1, 0.15) is 0 Å². The van der Waals surface area contributed by atoms with E-state index < -0.39 is 0 Å². The lowest BCUT2D eigenvalue weighted by molar-refractivity contribution is 0.134. The van der Waals surface area contributed by atoms with Crippen LogP contribution in [-0.4, -0.2) is 37.7 Å². The van der Waals surface area contributed by atoms with Crippen LogP contribution in [0.1, 0.15) is 18.0 Å². The van der Waals surface area contributed by atoms with Gasteiger partial charge in [-0.25, -0.2) is 0 Å². The molecule has 0 aromatic heterocycles. The van der Waals surface area contributed by atoms with Crippen molar-refractivity contribution in [1.29, 1.82) is 0 Å². The van der Waals surface area contributed by atoms with Gasteiger partial charge in [-0.1, -0.05) is 17.7 Å². The topological polar surface area (TPSA) is 38.5 Å². The van der Waals surface area contributed by atoms with Crippen molar-refractivity contribution in [3.8, 4) is 0 Å². The van der Waals surface area contributed by atoms with Gasteiger partial charge in [-0.15, -0.1) is 0 Å². The molecule has 1 aromatic carbocycles. The second kappa shape index (κ2) is 6.35. The first-order chi connectivity index (χ1) is 8.63. The summed E-state index contributed by atoms with van der Waals surface area (Å²) in [7, 11) is 2.11. The molecule has 5 heteroatoms. The van der Waals surface area contributed by atoms with Crippen LogP contribution in [0, 0.1) is 0 Å². The Morgan fingerprint density at radius 1 is 1.61 bits per heavy atom. The highest BCUT2D eigenvalue weighted by Gasteiger charge is 2.26. The molecule has 2 atom stereocenters. The molecule has 2 unspecified atom stereocenters. The molecule has 0 spiro atoms. The second-order valence-electron chi connectivity index (χ2n) is 4.61. The van der Waals surface area contributed by atoms with Crippen LogP contribution < -0.4 is 5.73 Å². The van der Waals surface area contributed by atoms with E-state index in [9.17, 15) is 0 Å². The first kappa shape index (κ1) is 14.3. The van der Waals surface area contributed by atoms with Gasteiger partial charge in [0.2, 0.25) is 0 Å². The standard InChI is InChI=1S/C13H18BrClN2O/c1-17(10-4-5-18-8-10)13(7-16)9-2-3-12(15)11(14)6-9/h2-3,6,10,13H,4-5,7-8,16H2,1H3. The molecule has 2 rings (SSSR count). The Kier molecular flexibility index (Phi) is 5.04. The van der Waals surface area contributed by atoms with Gasteiger partial charge in [-0.05, 0) is 47.1 Å². The van der Waals surface area contributed by atoms with Crippen molar-refractivity contribution < 1.29 is 4.74 Å². The highest BCUT2D eigenvalue weighted by atomic mass is 79.9. The summed E-state index contributed by atoms with van der Waals surface area (Å²) in [5, 5.41) is 0.723. The predicted molar refractivity (Wildman–Crippen MR) is 77.9 cm³/mol. The van der Waals surface area contributed by atoms with Gasteiger partial charge in [0.25, 0.3) is 0 Å². The number of hydrogen-bond acceptors (Lipinski definition) is 3. The Labute approximate surface area is 121 Å². The van der Waals surface area contributed by atoms with E-state index in [-0.39, 0.29) is 6.04 Å². The number of likely N-dealkylation sites (N-methyl/N-ethyl adjacent to an activating group) is 1. The average Bonchev–Trinajstić information content (AvgIpc) is 2.88. The van der Waals surface area contributed by atoms with Gasteiger partial charge in [-0.3, -0.25) is 4.90 Å². The van der Waals surface area contributed by atoms with Crippen LogP contribution in [-0.2, 0) is 4.74 Å². The van der Waals surface area contributed by atoms with Crippen molar-refractivity contribution in [2.75, 3.05) is 26.8 Å². The molecule has 1 heterocycles. The molecule has 1 aromatic rings. The molecule has 3 nitrogen and oxygen atoms in total. The highest BCUT2D eigenvalue weighted by Crippen LogP contribution is 2.29. The summed E-state index contributed by atoms with van der Waals surface area (Å²) in [5.74, 6) is 0. The molecule has 1 saturated heterocycles. The quantitative estimate of drug-likeness (QED) is 0.921. The number of halogens is 2. The molecule has 1 aliphatic heterocycles. The minimum absolute atomic E-state index is 0.199. The molecule has 0 saturated carbocycles. The van der Waals surface area contributed by atoms with E-state index in [4.69, 9.17) is 22.1 Å². The molecular weight excluding hydrogens is 316 g/mol. The third kappa shape index (κ3) is 3.06. The summed E-state index contributed by atoms with van der Waals surface area (Å²) in [6, 6.07) is 6.64. The Balaban J connectivity index is 2.18. The van der Waals surface area contributed by atoms with Crippen LogP contribution in [0.25, 0.3) is 0 Å². The monoisotopic (exact) mass is 332 g/mol. The van der Waals surface area contributed by atoms with Crippen molar-refractivity contribution >= 4 is 27.5 Å². The van der Waals surface area contributed by atoms with Crippen LogP contribution in [0.2, 0.25) is 5.02 Å². The molecule has 1 aliphatic rings. The molecule has 1 fully saturated rings. The van der Waals surface area contributed by atoms with E-state index in [1.165, 1.54) is 5.56 Å². The molecule has 0 aliphatic carbocycles. The Morgan fingerprint density at radius 3 is 2.94 bits per heavy atom. The smallest absolute Gasteiger partial charge is 0.0622 e. The van der Waals surface area contributed by atoms with E-state index in [0.29, 0.717) is 12.6 Å². The zero-order valence-electron chi connectivity index (χ0n) is 10.4. The maximum Gasteiger partial charge on any atom is 0.0622 e. The Bertz CT molecular complexity index is 410. The zero-order valence-corrected chi connectivity index (χ0v) is 12.7. The van der Waals surface area contributed by atoms with Crippen molar-refractivity contribution in [2.45, 2.75) is 18.5 Å².